The first-order chi connectivity index (χ1) is 5.81. The topological polar surface area (TPSA) is 20.2 Å². The zero-order valence-corrected chi connectivity index (χ0v) is 7.42. The molecule has 2 unspecified atom stereocenters. The molecule has 0 aliphatic heterocycles. The van der Waals surface area contributed by atoms with Gasteiger partial charge in [0.25, 0.3) is 0 Å². The van der Waals surface area contributed by atoms with Crippen LogP contribution in [0.1, 0.15) is 32.1 Å². The Morgan fingerprint density at radius 2 is 2.25 bits per heavy atom. The molecule has 2 fully saturated rings. The highest BCUT2D eigenvalue weighted by atomic mass is 16.3. The quantitative estimate of drug-likeness (QED) is 0.588. The highest BCUT2D eigenvalue weighted by Gasteiger charge is 2.53. The second-order valence-corrected chi connectivity index (χ2v) is 5.02. The third-order valence-electron chi connectivity index (χ3n) is 4.10. The summed E-state index contributed by atoms with van der Waals surface area (Å²) in [6, 6.07) is 0. The lowest BCUT2D eigenvalue weighted by Crippen LogP contribution is -1.98. The first-order valence-corrected chi connectivity index (χ1v) is 5.12. The van der Waals surface area contributed by atoms with Crippen molar-refractivity contribution in [2.24, 2.45) is 17.3 Å². The van der Waals surface area contributed by atoms with Gasteiger partial charge in [0, 0.05) is 0 Å². The summed E-state index contributed by atoms with van der Waals surface area (Å²) in [5.41, 5.74) is 2.10. The lowest BCUT2D eigenvalue weighted by Gasteiger charge is -2.07. The Labute approximate surface area is 73.5 Å². The SMILES string of the molecule is OCC1=CC2CC3(CC3)CC2C1. The van der Waals surface area contributed by atoms with Crippen molar-refractivity contribution in [3.05, 3.63) is 11.6 Å². The number of rotatable bonds is 1. The molecular weight excluding hydrogens is 148 g/mol. The molecule has 66 valence electrons. The number of aliphatic hydroxyl groups is 1. The van der Waals surface area contributed by atoms with E-state index in [-0.39, 0.29) is 0 Å². The van der Waals surface area contributed by atoms with Crippen LogP contribution in [0.15, 0.2) is 11.6 Å². The van der Waals surface area contributed by atoms with Gasteiger partial charge in [0.05, 0.1) is 6.61 Å². The second-order valence-electron chi connectivity index (χ2n) is 5.02. The smallest absolute Gasteiger partial charge is 0.0641 e. The van der Waals surface area contributed by atoms with Gasteiger partial charge in [0.15, 0.2) is 0 Å². The molecule has 0 aromatic rings. The van der Waals surface area contributed by atoms with Crippen molar-refractivity contribution >= 4 is 0 Å². The molecule has 2 saturated carbocycles. The Hall–Kier alpha value is -0.300. The van der Waals surface area contributed by atoms with Crippen LogP contribution in [-0.2, 0) is 0 Å². The summed E-state index contributed by atoms with van der Waals surface area (Å²) in [6.45, 7) is 0.306. The van der Waals surface area contributed by atoms with E-state index in [4.69, 9.17) is 5.11 Å². The average molecular weight is 164 g/mol. The summed E-state index contributed by atoms with van der Waals surface area (Å²) in [4.78, 5) is 0. The summed E-state index contributed by atoms with van der Waals surface area (Å²) in [6.07, 6.45) is 9.42. The molecule has 2 atom stereocenters. The third kappa shape index (κ3) is 0.891. The molecule has 0 aromatic carbocycles. The summed E-state index contributed by atoms with van der Waals surface area (Å²) < 4.78 is 0. The van der Waals surface area contributed by atoms with E-state index in [2.05, 4.69) is 6.08 Å². The van der Waals surface area contributed by atoms with Gasteiger partial charge in [0.1, 0.15) is 0 Å². The van der Waals surface area contributed by atoms with Crippen molar-refractivity contribution in [3.8, 4) is 0 Å². The Bertz CT molecular complexity index is 237. The van der Waals surface area contributed by atoms with Crippen LogP contribution in [0.2, 0.25) is 0 Å². The standard InChI is InChI=1S/C11H16O/c12-7-8-3-9-5-11(1-2-11)6-10(9)4-8/h3,9-10,12H,1-2,4-7H2. The van der Waals surface area contributed by atoms with Crippen LogP contribution < -0.4 is 0 Å². The van der Waals surface area contributed by atoms with Crippen LogP contribution in [0.3, 0.4) is 0 Å². The number of hydrogen-bond acceptors (Lipinski definition) is 1. The highest BCUT2D eigenvalue weighted by Crippen LogP contribution is 2.64. The molecular formula is C11H16O. The number of hydrogen-bond donors (Lipinski definition) is 1. The van der Waals surface area contributed by atoms with Gasteiger partial charge < -0.3 is 5.11 Å². The fraction of sp³-hybridized carbons (Fsp3) is 0.818. The summed E-state index contributed by atoms with van der Waals surface area (Å²) in [5.74, 6) is 1.75. The lowest BCUT2D eigenvalue weighted by atomic mass is 9.99. The highest BCUT2D eigenvalue weighted by molar-refractivity contribution is 5.20. The van der Waals surface area contributed by atoms with Gasteiger partial charge in [-0.1, -0.05) is 6.08 Å². The molecule has 0 aromatic heterocycles. The van der Waals surface area contributed by atoms with Gasteiger partial charge in [-0.25, -0.2) is 0 Å². The monoisotopic (exact) mass is 164 g/mol. The molecule has 0 heterocycles. The fourth-order valence-electron chi connectivity index (χ4n) is 3.29. The Kier molecular flexibility index (Phi) is 1.27. The fourth-order valence-corrected chi connectivity index (χ4v) is 3.29. The van der Waals surface area contributed by atoms with E-state index >= 15 is 0 Å². The van der Waals surface area contributed by atoms with E-state index in [1.54, 1.807) is 0 Å². The minimum atomic E-state index is 0.306. The van der Waals surface area contributed by atoms with E-state index in [9.17, 15) is 0 Å². The summed E-state index contributed by atoms with van der Waals surface area (Å²) in [7, 11) is 0. The van der Waals surface area contributed by atoms with E-state index in [1.807, 2.05) is 0 Å². The number of allylic oxidation sites excluding steroid dienone is 1. The Morgan fingerprint density at radius 1 is 1.42 bits per heavy atom. The van der Waals surface area contributed by atoms with Crippen molar-refractivity contribution < 1.29 is 5.11 Å². The van der Waals surface area contributed by atoms with Crippen molar-refractivity contribution in [1.29, 1.82) is 0 Å². The van der Waals surface area contributed by atoms with E-state index in [0.29, 0.717) is 6.61 Å². The Balaban J connectivity index is 1.78. The molecule has 12 heavy (non-hydrogen) atoms. The van der Waals surface area contributed by atoms with E-state index < -0.39 is 0 Å². The summed E-state index contributed by atoms with van der Waals surface area (Å²) in [5, 5.41) is 9.00. The molecule has 3 aliphatic rings. The molecule has 0 saturated heterocycles. The van der Waals surface area contributed by atoms with Crippen LogP contribution in [-0.4, -0.2) is 11.7 Å². The molecule has 0 bridgehead atoms. The predicted molar refractivity (Wildman–Crippen MR) is 47.7 cm³/mol. The maximum absolute atomic E-state index is 9.00. The van der Waals surface area contributed by atoms with Crippen molar-refractivity contribution in [1.82, 2.24) is 0 Å². The van der Waals surface area contributed by atoms with E-state index in [1.165, 1.54) is 37.7 Å². The number of aliphatic hydroxyl groups excluding tert-OH is 1. The van der Waals surface area contributed by atoms with Gasteiger partial charge in [0.2, 0.25) is 0 Å². The molecule has 3 rings (SSSR count). The molecule has 1 nitrogen and oxygen atoms in total. The molecule has 3 aliphatic carbocycles. The zero-order valence-electron chi connectivity index (χ0n) is 7.42. The normalized spacial score (nSPS) is 41.6. The van der Waals surface area contributed by atoms with Gasteiger partial charge in [-0.2, -0.15) is 0 Å². The van der Waals surface area contributed by atoms with Gasteiger partial charge >= 0.3 is 0 Å². The van der Waals surface area contributed by atoms with Gasteiger partial charge in [-0.05, 0) is 54.9 Å². The maximum atomic E-state index is 9.00. The van der Waals surface area contributed by atoms with Crippen LogP contribution in [0.25, 0.3) is 0 Å². The minimum absolute atomic E-state index is 0.306. The van der Waals surface area contributed by atoms with Gasteiger partial charge in [-0.15, -0.1) is 0 Å². The first kappa shape index (κ1) is 7.14. The maximum Gasteiger partial charge on any atom is 0.0641 e. The van der Waals surface area contributed by atoms with Crippen LogP contribution in [0.4, 0.5) is 0 Å². The molecule has 1 N–H and O–H groups in total. The molecule has 0 radical (unpaired) electrons. The lowest BCUT2D eigenvalue weighted by molar-refractivity contribution is 0.322. The zero-order chi connectivity index (χ0) is 8.18. The van der Waals surface area contributed by atoms with Crippen LogP contribution in [0, 0.1) is 17.3 Å². The minimum Gasteiger partial charge on any atom is -0.392 e. The first-order valence-electron chi connectivity index (χ1n) is 5.12. The molecule has 1 heteroatoms. The van der Waals surface area contributed by atoms with Crippen molar-refractivity contribution in [2.75, 3.05) is 6.61 Å². The number of fused-ring (bicyclic) bond motifs is 1. The van der Waals surface area contributed by atoms with Crippen molar-refractivity contribution in [2.45, 2.75) is 32.1 Å². The third-order valence-corrected chi connectivity index (χ3v) is 4.10. The molecule has 0 amide bonds. The van der Waals surface area contributed by atoms with Crippen LogP contribution >= 0.6 is 0 Å². The van der Waals surface area contributed by atoms with Gasteiger partial charge in [-0.3, -0.25) is 0 Å². The second kappa shape index (κ2) is 2.14. The molecule has 1 spiro atoms. The Morgan fingerprint density at radius 3 is 2.83 bits per heavy atom. The van der Waals surface area contributed by atoms with Crippen LogP contribution in [0.5, 0.6) is 0 Å². The van der Waals surface area contributed by atoms with Crippen molar-refractivity contribution in [3.63, 3.8) is 0 Å². The van der Waals surface area contributed by atoms with E-state index in [0.717, 1.165) is 17.3 Å². The predicted octanol–water partition coefficient (Wildman–Crippen LogP) is 2.12. The average Bonchev–Trinajstić information content (AvgIpc) is 2.52. The largest absolute Gasteiger partial charge is 0.392 e. The summed E-state index contributed by atoms with van der Waals surface area (Å²) >= 11 is 0.